The number of aliphatic carboxylic acids is 1. The van der Waals surface area contributed by atoms with Crippen molar-refractivity contribution in [2.24, 2.45) is 5.92 Å². The summed E-state index contributed by atoms with van der Waals surface area (Å²) in [6.07, 6.45) is 0. The van der Waals surface area contributed by atoms with Gasteiger partial charge in [-0.2, -0.15) is 0 Å². The molecule has 0 heterocycles. The summed E-state index contributed by atoms with van der Waals surface area (Å²) in [7, 11) is 0. The molecule has 0 fully saturated rings. The summed E-state index contributed by atoms with van der Waals surface area (Å²) in [4.78, 5) is 13.2. The van der Waals surface area contributed by atoms with E-state index in [1.54, 1.807) is 6.92 Å². The molecule has 0 aromatic heterocycles. The molecule has 19 heavy (non-hydrogen) atoms. The molecule has 1 unspecified atom stereocenters. The predicted octanol–water partition coefficient (Wildman–Crippen LogP) is 3.66. The number of carbonyl (C=O) groups is 1. The predicted molar refractivity (Wildman–Crippen MR) is 78.4 cm³/mol. The van der Waals surface area contributed by atoms with Gasteiger partial charge in [0.25, 0.3) is 0 Å². The number of halogens is 1. The van der Waals surface area contributed by atoms with Crippen LogP contribution < -0.4 is 0 Å². The van der Waals surface area contributed by atoms with Crippen molar-refractivity contribution in [2.75, 3.05) is 6.54 Å². The van der Waals surface area contributed by atoms with E-state index in [9.17, 15) is 4.79 Å². The Morgan fingerprint density at radius 3 is 2.26 bits per heavy atom. The molecule has 0 saturated heterocycles. The van der Waals surface area contributed by atoms with Crippen LogP contribution in [0, 0.1) is 5.92 Å². The summed E-state index contributed by atoms with van der Waals surface area (Å²) in [5, 5.41) is 9.77. The summed E-state index contributed by atoms with van der Waals surface area (Å²) in [5.41, 5.74) is 1.06. The number of nitrogens with zero attached hydrogens (tertiary/aromatic N) is 1. The van der Waals surface area contributed by atoms with Crippen LogP contribution in [0.4, 0.5) is 0 Å². The third-order valence-electron chi connectivity index (χ3n) is 3.15. The summed E-state index contributed by atoms with van der Waals surface area (Å²) >= 11 is 5.87. The number of rotatable bonds is 5. The lowest BCUT2D eigenvalue weighted by atomic mass is 10.0. The van der Waals surface area contributed by atoms with Gasteiger partial charge in [-0.15, -0.1) is 0 Å². The fraction of sp³-hybridized carbons (Fsp3) is 0.533. The normalized spacial score (nSPS) is 13.6. The molecule has 3 nitrogen and oxygen atoms in total. The molecule has 1 N–H and O–H groups in total. The van der Waals surface area contributed by atoms with Crippen LogP contribution in [-0.2, 0) is 11.3 Å². The molecule has 0 amide bonds. The molecular formula is C15H22ClNO2. The van der Waals surface area contributed by atoms with Gasteiger partial charge in [0.2, 0.25) is 0 Å². The van der Waals surface area contributed by atoms with Crippen LogP contribution in [0.25, 0.3) is 0 Å². The average Bonchev–Trinajstić information content (AvgIpc) is 2.29. The zero-order chi connectivity index (χ0) is 14.6. The van der Waals surface area contributed by atoms with Crippen LogP contribution in [0.15, 0.2) is 24.3 Å². The molecule has 0 saturated carbocycles. The minimum atomic E-state index is -0.759. The van der Waals surface area contributed by atoms with Gasteiger partial charge in [-0.05, 0) is 38.5 Å². The number of carboxylic acids is 1. The largest absolute Gasteiger partial charge is 0.481 e. The summed E-state index contributed by atoms with van der Waals surface area (Å²) in [6.45, 7) is 9.27. The standard InChI is InChI=1S/C15H22ClNO2/c1-11(14(18)19)9-17(15(2,3)4)10-12-5-7-13(16)8-6-12/h5-8,11H,9-10H2,1-4H3,(H,18,19). The van der Waals surface area contributed by atoms with Crippen LogP contribution in [0.2, 0.25) is 5.02 Å². The van der Waals surface area contributed by atoms with E-state index >= 15 is 0 Å². The average molecular weight is 284 g/mol. The van der Waals surface area contributed by atoms with Crippen molar-refractivity contribution >= 4 is 17.6 Å². The van der Waals surface area contributed by atoms with E-state index in [1.165, 1.54) is 0 Å². The highest BCUT2D eigenvalue weighted by molar-refractivity contribution is 6.30. The lowest BCUT2D eigenvalue weighted by molar-refractivity contribution is -0.142. The fourth-order valence-electron chi connectivity index (χ4n) is 1.79. The van der Waals surface area contributed by atoms with Crippen molar-refractivity contribution < 1.29 is 9.90 Å². The summed E-state index contributed by atoms with van der Waals surface area (Å²) in [5.74, 6) is -1.14. The van der Waals surface area contributed by atoms with E-state index in [0.29, 0.717) is 11.6 Å². The Morgan fingerprint density at radius 2 is 1.84 bits per heavy atom. The van der Waals surface area contributed by atoms with Crippen molar-refractivity contribution in [3.63, 3.8) is 0 Å². The molecule has 0 spiro atoms. The van der Waals surface area contributed by atoms with Gasteiger partial charge in [-0.3, -0.25) is 9.69 Å². The number of benzene rings is 1. The molecule has 0 bridgehead atoms. The van der Waals surface area contributed by atoms with Gasteiger partial charge in [0.15, 0.2) is 0 Å². The first kappa shape index (κ1) is 16.0. The van der Waals surface area contributed by atoms with Gasteiger partial charge in [-0.1, -0.05) is 30.7 Å². The number of hydrogen-bond acceptors (Lipinski definition) is 2. The monoisotopic (exact) mass is 283 g/mol. The van der Waals surface area contributed by atoms with E-state index in [0.717, 1.165) is 12.1 Å². The second-order valence-electron chi connectivity index (χ2n) is 5.92. The molecule has 4 heteroatoms. The first-order valence-electron chi connectivity index (χ1n) is 6.42. The Labute approximate surface area is 120 Å². The molecule has 0 aliphatic rings. The molecule has 106 valence electrons. The fourth-order valence-corrected chi connectivity index (χ4v) is 1.92. The molecule has 1 aromatic rings. The van der Waals surface area contributed by atoms with Crippen molar-refractivity contribution in [1.82, 2.24) is 4.90 Å². The van der Waals surface area contributed by atoms with E-state index in [2.05, 4.69) is 25.7 Å². The van der Waals surface area contributed by atoms with Gasteiger partial charge in [-0.25, -0.2) is 0 Å². The van der Waals surface area contributed by atoms with Gasteiger partial charge < -0.3 is 5.11 Å². The molecule has 0 aliphatic carbocycles. The summed E-state index contributed by atoms with van der Waals surface area (Å²) < 4.78 is 0. The molecule has 0 radical (unpaired) electrons. The van der Waals surface area contributed by atoms with Crippen LogP contribution in [0.3, 0.4) is 0 Å². The lowest BCUT2D eigenvalue weighted by Crippen LogP contribution is -2.44. The minimum absolute atomic E-state index is 0.0800. The van der Waals surface area contributed by atoms with Gasteiger partial charge in [0.1, 0.15) is 0 Å². The maximum absolute atomic E-state index is 11.0. The van der Waals surface area contributed by atoms with Crippen molar-refractivity contribution in [3.8, 4) is 0 Å². The second-order valence-corrected chi connectivity index (χ2v) is 6.35. The Hall–Kier alpha value is -1.06. The number of carboxylic acid groups (broad SMARTS) is 1. The first-order chi connectivity index (χ1) is 8.70. The maximum Gasteiger partial charge on any atom is 0.307 e. The second kappa shape index (κ2) is 6.40. The Morgan fingerprint density at radius 1 is 1.32 bits per heavy atom. The summed E-state index contributed by atoms with van der Waals surface area (Å²) in [6, 6.07) is 7.68. The van der Waals surface area contributed by atoms with E-state index in [-0.39, 0.29) is 11.5 Å². The highest BCUT2D eigenvalue weighted by atomic mass is 35.5. The Balaban J connectivity index is 2.81. The zero-order valence-corrected chi connectivity index (χ0v) is 12.7. The zero-order valence-electron chi connectivity index (χ0n) is 12.0. The molecular weight excluding hydrogens is 262 g/mol. The number of hydrogen-bond donors (Lipinski definition) is 1. The highest BCUT2D eigenvalue weighted by Crippen LogP contribution is 2.20. The van der Waals surface area contributed by atoms with E-state index in [4.69, 9.17) is 16.7 Å². The van der Waals surface area contributed by atoms with Crippen LogP contribution in [-0.4, -0.2) is 28.1 Å². The Bertz CT molecular complexity index is 423. The van der Waals surface area contributed by atoms with Crippen molar-refractivity contribution in [3.05, 3.63) is 34.9 Å². The van der Waals surface area contributed by atoms with Gasteiger partial charge in [0, 0.05) is 23.7 Å². The molecule has 1 aromatic carbocycles. The first-order valence-corrected chi connectivity index (χ1v) is 6.80. The lowest BCUT2D eigenvalue weighted by Gasteiger charge is -2.36. The van der Waals surface area contributed by atoms with Gasteiger partial charge >= 0.3 is 5.97 Å². The quantitative estimate of drug-likeness (QED) is 0.896. The van der Waals surface area contributed by atoms with E-state index < -0.39 is 5.97 Å². The van der Waals surface area contributed by atoms with Crippen LogP contribution in [0.5, 0.6) is 0 Å². The molecule has 0 aliphatic heterocycles. The third-order valence-corrected chi connectivity index (χ3v) is 3.40. The topological polar surface area (TPSA) is 40.5 Å². The van der Waals surface area contributed by atoms with Crippen molar-refractivity contribution in [2.45, 2.75) is 39.8 Å². The highest BCUT2D eigenvalue weighted by Gasteiger charge is 2.25. The van der Waals surface area contributed by atoms with Gasteiger partial charge in [0.05, 0.1) is 5.92 Å². The van der Waals surface area contributed by atoms with Crippen LogP contribution >= 0.6 is 11.6 Å². The molecule has 1 atom stereocenters. The minimum Gasteiger partial charge on any atom is -0.481 e. The Kier molecular flexibility index (Phi) is 5.39. The SMILES string of the molecule is CC(CN(Cc1ccc(Cl)cc1)C(C)(C)C)C(=O)O. The molecule has 1 rings (SSSR count). The smallest absolute Gasteiger partial charge is 0.307 e. The van der Waals surface area contributed by atoms with E-state index in [1.807, 2.05) is 24.3 Å². The van der Waals surface area contributed by atoms with Crippen molar-refractivity contribution in [1.29, 1.82) is 0 Å². The third kappa shape index (κ3) is 5.21. The van der Waals surface area contributed by atoms with Crippen LogP contribution in [0.1, 0.15) is 33.3 Å². The maximum atomic E-state index is 11.0.